The van der Waals surface area contributed by atoms with Gasteiger partial charge in [-0.1, -0.05) is 43.3 Å². The van der Waals surface area contributed by atoms with Gasteiger partial charge in [-0.15, -0.1) is 0 Å². The summed E-state index contributed by atoms with van der Waals surface area (Å²) >= 11 is 0. The number of carbonyl (C=O) groups excluding carboxylic acids is 1. The van der Waals surface area contributed by atoms with Gasteiger partial charge in [-0.25, -0.2) is 0 Å². The van der Waals surface area contributed by atoms with Gasteiger partial charge in [-0.2, -0.15) is 13.2 Å². The Kier molecular flexibility index (Phi) is 6.29. The highest BCUT2D eigenvalue weighted by Crippen LogP contribution is 2.41. The highest BCUT2D eigenvalue weighted by Gasteiger charge is 2.37. The molecule has 1 atom stereocenters. The molecule has 2 heterocycles. The molecule has 0 spiro atoms. The van der Waals surface area contributed by atoms with E-state index in [1.807, 2.05) is 42.1 Å². The molecule has 0 aliphatic carbocycles. The third kappa shape index (κ3) is 4.39. The normalized spacial score (nSPS) is 16.5. The van der Waals surface area contributed by atoms with E-state index in [-0.39, 0.29) is 17.9 Å². The Bertz CT molecular complexity index is 1100. The molecule has 1 fully saturated rings. The summed E-state index contributed by atoms with van der Waals surface area (Å²) < 4.78 is 43.6. The van der Waals surface area contributed by atoms with Crippen LogP contribution >= 0.6 is 0 Å². The highest BCUT2D eigenvalue weighted by molar-refractivity contribution is 5.86. The number of likely N-dealkylation sites (N-methyl/N-ethyl adjacent to an activating group) is 1. The fourth-order valence-electron chi connectivity index (χ4n) is 4.71. The Morgan fingerprint density at radius 2 is 1.62 bits per heavy atom. The number of hydrogen-bond donors (Lipinski definition) is 0. The second kappa shape index (κ2) is 8.98. The number of aromatic nitrogens is 1. The number of hydrogen-bond acceptors (Lipinski definition) is 2. The Morgan fingerprint density at radius 1 is 0.969 bits per heavy atom. The van der Waals surface area contributed by atoms with Crippen LogP contribution in [-0.4, -0.2) is 53.0 Å². The molecule has 3 aromatic rings. The summed E-state index contributed by atoms with van der Waals surface area (Å²) in [5.74, 6) is -0.786. The topological polar surface area (TPSA) is 28.5 Å². The van der Waals surface area contributed by atoms with Crippen molar-refractivity contribution in [3.05, 3.63) is 71.4 Å². The van der Waals surface area contributed by atoms with Gasteiger partial charge < -0.3 is 14.4 Å². The summed E-state index contributed by atoms with van der Waals surface area (Å²) in [5.41, 5.74) is 1.15. The molecule has 4 nitrogen and oxygen atoms in total. The van der Waals surface area contributed by atoms with E-state index in [4.69, 9.17) is 0 Å². The predicted octanol–water partition coefficient (Wildman–Crippen LogP) is 4.88. The van der Waals surface area contributed by atoms with E-state index in [0.717, 1.165) is 42.2 Å². The summed E-state index contributed by atoms with van der Waals surface area (Å²) in [6.45, 7) is 5.81. The fraction of sp³-hybridized carbons (Fsp3) is 0.400. The lowest BCUT2D eigenvalue weighted by atomic mass is 9.85. The van der Waals surface area contributed by atoms with E-state index < -0.39 is 17.7 Å². The largest absolute Gasteiger partial charge is 0.416 e. The van der Waals surface area contributed by atoms with Crippen LogP contribution in [0.1, 0.15) is 36.0 Å². The van der Waals surface area contributed by atoms with Gasteiger partial charge in [0.2, 0.25) is 5.91 Å². The smallest absolute Gasteiger partial charge is 0.350 e. The molecule has 1 aliphatic rings. The van der Waals surface area contributed by atoms with E-state index >= 15 is 0 Å². The molecule has 32 heavy (non-hydrogen) atoms. The molecule has 1 aliphatic heterocycles. The van der Waals surface area contributed by atoms with Crippen molar-refractivity contribution in [2.24, 2.45) is 7.05 Å². The zero-order valence-corrected chi connectivity index (χ0v) is 18.4. The van der Waals surface area contributed by atoms with Gasteiger partial charge >= 0.3 is 6.18 Å². The van der Waals surface area contributed by atoms with Crippen molar-refractivity contribution in [1.82, 2.24) is 14.4 Å². The number of piperazine rings is 1. The molecule has 2 aromatic carbocycles. The maximum absolute atomic E-state index is 13.9. The van der Waals surface area contributed by atoms with Gasteiger partial charge in [0, 0.05) is 62.7 Å². The molecular formula is C25H28F3N3O. The lowest BCUT2D eigenvalue weighted by Gasteiger charge is -2.35. The number of fused-ring (bicyclic) bond motifs is 1. The summed E-state index contributed by atoms with van der Waals surface area (Å²) in [6, 6.07) is 13.3. The van der Waals surface area contributed by atoms with Gasteiger partial charge in [0.25, 0.3) is 0 Å². The number of carbonyl (C=O) groups is 1. The summed E-state index contributed by atoms with van der Waals surface area (Å²) in [6.07, 6.45) is -2.62. The van der Waals surface area contributed by atoms with Gasteiger partial charge in [0.05, 0.1) is 5.56 Å². The molecule has 0 bridgehead atoms. The molecule has 4 rings (SSSR count). The number of benzene rings is 2. The predicted molar refractivity (Wildman–Crippen MR) is 120 cm³/mol. The Labute approximate surface area is 186 Å². The second-order valence-electron chi connectivity index (χ2n) is 8.37. The van der Waals surface area contributed by atoms with E-state index in [9.17, 15) is 18.0 Å². The first kappa shape index (κ1) is 22.4. The van der Waals surface area contributed by atoms with Crippen molar-refractivity contribution in [1.29, 1.82) is 0 Å². The van der Waals surface area contributed by atoms with Gasteiger partial charge in [-0.3, -0.25) is 4.79 Å². The van der Waals surface area contributed by atoms with Crippen LogP contribution < -0.4 is 0 Å². The van der Waals surface area contributed by atoms with Crippen LogP contribution in [0.5, 0.6) is 0 Å². The van der Waals surface area contributed by atoms with Gasteiger partial charge in [-0.05, 0) is 29.8 Å². The van der Waals surface area contributed by atoms with E-state index in [0.29, 0.717) is 13.1 Å². The highest BCUT2D eigenvalue weighted by atomic mass is 19.4. The van der Waals surface area contributed by atoms with E-state index in [1.54, 1.807) is 11.0 Å². The number of alkyl halides is 3. The van der Waals surface area contributed by atoms with E-state index in [1.165, 1.54) is 12.1 Å². The van der Waals surface area contributed by atoms with Crippen molar-refractivity contribution in [3.63, 3.8) is 0 Å². The first-order chi connectivity index (χ1) is 15.3. The first-order valence-corrected chi connectivity index (χ1v) is 11.0. The molecular weight excluding hydrogens is 415 g/mol. The number of halogens is 3. The van der Waals surface area contributed by atoms with Crippen molar-refractivity contribution >= 4 is 16.8 Å². The Balaban J connectivity index is 1.76. The van der Waals surface area contributed by atoms with Crippen molar-refractivity contribution in [3.8, 4) is 0 Å². The molecule has 0 radical (unpaired) electrons. The Hall–Kier alpha value is -2.80. The van der Waals surface area contributed by atoms with E-state index in [2.05, 4.69) is 11.8 Å². The molecule has 0 N–H and O–H groups in total. The lowest BCUT2D eigenvalue weighted by molar-refractivity contribution is -0.139. The Morgan fingerprint density at radius 3 is 2.31 bits per heavy atom. The van der Waals surface area contributed by atoms with Crippen LogP contribution in [0.2, 0.25) is 0 Å². The maximum atomic E-state index is 13.9. The minimum absolute atomic E-state index is 0.00717. The van der Waals surface area contributed by atoms with Crippen LogP contribution in [0, 0.1) is 0 Å². The number of nitrogens with zero attached hydrogens (tertiary/aromatic N) is 3. The minimum Gasteiger partial charge on any atom is -0.350 e. The van der Waals surface area contributed by atoms with Crippen molar-refractivity contribution in [2.45, 2.75) is 25.4 Å². The fourth-order valence-corrected chi connectivity index (χ4v) is 4.71. The second-order valence-corrected chi connectivity index (χ2v) is 8.37. The average Bonchev–Trinajstić information content (AvgIpc) is 3.13. The van der Waals surface area contributed by atoms with Gasteiger partial charge in [0.1, 0.15) is 0 Å². The molecule has 1 unspecified atom stereocenters. The molecule has 1 aromatic heterocycles. The van der Waals surface area contributed by atoms with Crippen molar-refractivity contribution < 1.29 is 18.0 Å². The van der Waals surface area contributed by atoms with Gasteiger partial charge in [0.15, 0.2) is 0 Å². The molecule has 1 saturated heterocycles. The zero-order chi connectivity index (χ0) is 22.9. The quantitative estimate of drug-likeness (QED) is 0.562. The summed E-state index contributed by atoms with van der Waals surface area (Å²) in [5, 5.41) is 0.876. The van der Waals surface area contributed by atoms with Crippen LogP contribution in [0.3, 0.4) is 0 Å². The third-order valence-electron chi connectivity index (χ3n) is 6.50. The van der Waals surface area contributed by atoms with Crippen LogP contribution in [0.15, 0.2) is 54.7 Å². The monoisotopic (exact) mass is 443 g/mol. The first-order valence-electron chi connectivity index (χ1n) is 11.0. The maximum Gasteiger partial charge on any atom is 0.416 e. The number of amides is 1. The molecule has 1 amide bonds. The van der Waals surface area contributed by atoms with Crippen LogP contribution in [-0.2, 0) is 18.0 Å². The number of rotatable bonds is 5. The summed E-state index contributed by atoms with van der Waals surface area (Å²) in [4.78, 5) is 17.3. The van der Waals surface area contributed by atoms with Crippen LogP contribution in [0.4, 0.5) is 13.2 Å². The molecule has 0 saturated carbocycles. The molecule has 170 valence electrons. The van der Waals surface area contributed by atoms with Crippen LogP contribution in [0.25, 0.3) is 10.9 Å². The standard InChI is InChI=1S/C25H28F3N3O/c1-3-30-12-14-31(15-13-30)24(32)16-20(18-8-4-6-10-22(18)25(26,27)28)21-17-29(2)23-11-7-5-9-19(21)23/h4-11,17,20H,3,12-16H2,1-2H3. The zero-order valence-electron chi connectivity index (χ0n) is 18.4. The van der Waals surface area contributed by atoms with Crippen molar-refractivity contribution in [2.75, 3.05) is 32.7 Å². The number of aryl methyl sites for hydroxylation is 1. The third-order valence-corrected chi connectivity index (χ3v) is 6.50. The molecule has 7 heteroatoms. The minimum atomic E-state index is -4.49. The number of para-hydroxylation sites is 1. The lowest BCUT2D eigenvalue weighted by Crippen LogP contribution is -2.48. The average molecular weight is 444 g/mol. The SMILES string of the molecule is CCN1CCN(C(=O)CC(c2ccccc2C(F)(F)F)c2cn(C)c3ccccc23)CC1. The summed E-state index contributed by atoms with van der Waals surface area (Å²) in [7, 11) is 1.88.